The average molecular weight is 1170 g/mol. The molecule has 14 heteroatoms. The molecule has 2 aliphatic rings. The third kappa shape index (κ3) is 38.3. The Morgan fingerprint density at radius 1 is 0.390 bits per heavy atom. The number of hydrogen-bond acceptors (Lipinski definition) is 13. The first-order chi connectivity index (χ1) is 40.1. The number of aliphatic hydroxyl groups excluding tert-OH is 8. The Morgan fingerprint density at radius 3 is 1.04 bits per heavy atom. The van der Waals surface area contributed by atoms with Gasteiger partial charge >= 0.3 is 0 Å². The number of aliphatic hydroxyl groups is 8. The van der Waals surface area contributed by atoms with E-state index in [9.17, 15) is 45.6 Å². The number of nitrogens with one attached hydrogen (secondary N) is 1. The molecule has 9 N–H and O–H groups in total. The molecule has 0 aromatic carbocycles. The van der Waals surface area contributed by atoms with E-state index in [-0.39, 0.29) is 12.5 Å². The van der Waals surface area contributed by atoms with E-state index in [0.717, 1.165) is 51.4 Å². The maximum absolute atomic E-state index is 13.3. The van der Waals surface area contributed by atoms with Crippen molar-refractivity contribution in [2.24, 2.45) is 0 Å². The van der Waals surface area contributed by atoms with Gasteiger partial charge in [-0.15, -0.1) is 0 Å². The van der Waals surface area contributed by atoms with Crippen molar-refractivity contribution in [3.05, 3.63) is 0 Å². The van der Waals surface area contributed by atoms with E-state index in [2.05, 4.69) is 19.2 Å². The van der Waals surface area contributed by atoms with Crippen molar-refractivity contribution in [3.8, 4) is 0 Å². The molecule has 0 saturated carbocycles. The van der Waals surface area contributed by atoms with Gasteiger partial charge < -0.3 is 65.1 Å². The maximum Gasteiger partial charge on any atom is 0.220 e. The molecule has 0 aromatic rings. The summed E-state index contributed by atoms with van der Waals surface area (Å²) in [6.45, 7) is 2.93. The van der Waals surface area contributed by atoms with Gasteiger partial charge in [0.2, 0.25) is 5.91 Å². The largest absolute Gasteiger partial charge is 0.394 e. The van der Waals surface area contributed by atoms with Crippen molar-refractivity contribution in [2.45, 2.75) is 408 Å². The van der Waals surface area contributed by atoms with E-state index in [1.54, 1.807) is 0 Å². The first-order valence-electron chi connectivity index (χ1n) is 35.3. The highest BCUT2D eigenvalue weighted by molar-refractivity contribution is 5.76. The fraction of sp³-hybridized carbons (Fsp3) is 0.985. The summed E-state index contributed by atoms with van der Waals surface area (Å²) < 4.78 is 22.9. The van der Waals surface area contributed by atoms with Crippen molar-refractivity contribution >= 4 is 5.91 Å². The van der Waals surface area contributed by atoms with Crippen molar-refractivity contribution in [1.82, 2.24) is 5.32 Å². The molecule has 2 fully saturated rings. The first-order valence-corrected chi connectivity index (χ1v) is 35.3. The second-order valence-corrected chi connectivity index (χ2v) is 25.4. The zero-order chi connectivity index (χ0) is 59.5. The number of carbonyl (C=O) groups is 1. The van der Waals surface area contributed by atoms with Crippen molar-refractivity contribution in [3.63, 3.8) is 0 Å². The highest BCUT2D eigenvalue weighted by Crippen LogP contribution is 2.30. The predicted molar refractivity (Wildman–Crippen MR) is 332 cm³/mol. The van der Waals surface area contributed by atoms with Crippen LogP contribution in [0.25, 0.3) is 0 Å². The minimum absolute atomic E-state index is 0.197. The van der Waals surface area contributed by atoms with Gasteiger partial charge in [-0.1, -0.05) is 316 Å². The lowest BCUT2D eigenvalue weighted by Crippen LogP contribution is -2.65. The van der Waals surface area contributed by atoms with Crippen LogP contribution in [0.3, 0.4) is 0 Å². The van der Waals surface area contributed by atoms with E-state index >= 15 is 0 Å². The number of rotatable bonds is 59. The first kappa shape index (κ1) is 77.1. The Morgan fingerprint density at radius 2 is 0.695 bits per heavy atom. The Kier molecular flexibility index (Phi) is 50.9. The van der Waals surface area contributed by atoms with Crippen LogP contribution >= 0.6 is 0 Å². The molecule has 488 valence electrons. The molecule has 0 aliphatic carbocycles. The van der Waals surface area contributed by atoms with Gasteiger partial charge in [0, 0.05) is 6.42 Å². The van der Waals surface area contributed by atoms with Gasteiger partial charge in [0.15, 0.2) is 12.6 Å². The number of ether oxygens (including phenoxy) is 4. The lowest BCUT2D eigenvalue weighted by Gasteiger charge is -2.46. The van der Waals surface area contributed by atoms with E-state index in [4.69, 9.17) is 18.9 Å². The van der Waals surface area contributed by atoms with Crippen LogP contribution in [0.4, 0.5) is 0 Å². The van der Waals surface area contributed by atoms with Crippen LogP contribution in [0.15, 0.2) is 0 Å². The Hall–Kier alpha value is -1.01. The van der Waals surface area contributed by atoms with E-state index in [1.165, 1.54) is 257 Å². The molecule has 0 bridgehead atoms. The highest BCUT2D eigenvalue weighted by Gasteiger charge is 2.51. The fourth-order valence-electron chi connectivity index (χ4n) is 12.2. The molecule has 2 saturated heterocycles. The van der Waals surface area contributed by atoms with Gasteiger partial charge in [0.25, 0.3) is 0 Å². The third-order valence-electron chi connectivity index (χ3n) is 17.8. The van der Waals surface area contributed by atoms with E-state index in [0.29, 0.717) is 12.8 Å². The topological polar surface area (TPSA) is 228 Å². The molecule has 1 amide bonds. The summed E-state index contributed by atoms with van der Waals surface area (Å²) in [4.78, 5) is 13.3. The van der Waals surface area contributed by atoms with Gasteiger partial charge in [-0.25, -0.2) is 0 Å². The molecule has 12 unspecified atom stereocenters. The zero-order valence-electron chi connectivity index (χ0n) is 53.0. The van der Waals surface area contributed by atoms with Crippen molar-refractivity contribution in [1.29, 1.82) is 0 Å². The smallest absolute Gasteiger partial charge is 0.220 e. The third-order valence-corrected chi connectivity index (χ3v) is 17.8. The Balaban J connectivity index is 1.66. The summed E-state index contributed by atoms with van der Waals surface area (Å²) in [5.41, 5.74) is 0. The lowest BCUT2D eigenvalue weighted by atomic mass is 9.97. The zero-order valence-corrected chi connectivity index (χ0v) is 53.0. The quantitative estimate of drug-likeness (QED) is 0.0259. The van der Waals surface area contributed by atoms with Crippen LogP contribution in [0.2, 0.25) is 0 Å². The van der Waals surface area contributed by atoms with Gasteiger partial charge in [-0.3, -0.25) is 4.79 Å². The second kappa shape index (κ2) is 54.2. The van der Waals surface area contributed by atoms with E-state index in [1.807, 2.05) is 0 Å². The predicted octanol–water partition coefficient (Wildman–Crippen LogP) is 14.0. The summed E-state index contributed by atoms with van der Waals surface area (Å²) in [6, 6.07) is -0.824. The molecule has 2 rings (SSSR count). The molecule has 82 heavy (non-hydrogen) atoms. The molecular weight excluding hydrogens is 1040 g/mol. The van der Waals surface area contributed by atoms with Crippen LogP contribution in [-0.4, -0.2) is 140 Å². The van der Waals surface area contributed by atoms with Crippen molar-refractivity contribution < 1.29 is 64.6 Å². The summed E-state index contributed by atoms with van der Waals surface area (Å²) >= 11 is 0. The molecule has 0 aromatic heterocycles. The van der Waals surface area contributed by atoms with Crippen molar-refractivity contribution in [2.75, 3.05) is 19.8 Å². The number of hydrogen-bond donors (Lipinski definition) is 9. The Labute approximate surface area is 502 Å². The molecule has 12 atom stereocenters. The summed E-state index contributed by atoms with van der Waals surface area (Å²) in [6.07, 6.45) is 46.9. The normalized spacial score (nSPS) is 23.8. The number of carbonyl (C=O) groups excluding carboxylic acids is 1. The highest BCUT2D eigenvalue weighted by atomic mass is 16.7. The summed E-state index contributed by atoms with van der Waals surface area (Å²) in [5.74, 6) is -0.197. The molecular formula is C68H133NO13. The summed E-state index contributed by atoms with van der Waals surface area (Å²) in [5, 5.41) is 87.6. The maximum atomic E-state index is 13.3. The fourth-order valence-corrected chi connectivity index (χ4v) is 12.2. The molecule has 0 spiro atoms. The average Bonchev–Trinajstić information content (AvgIpc) is 3.67. The van der Waals surface area contributed by atoms with Crippen LogP contribution in [-0.2, 0) is 23.7 Å². The minimum atomic E-state index is -1.78. The Bertz CT molecular complexity index is 1380. The standard InChI is InChI=1S/C68H133NO13/c1-3-5-7-9-11-13-15-17-19-21-23-25-26-27-28-29-30-32-33-35-37-39-41-43-45-47-49-51-57(72)56(55-79-67-65(78)63(76)66(59(54-71)81-67)82-68-64(77)62(75)61(74)58(53-70)80-68)69-60(73)52-50-48-46-44-42-40-38-36-34-31-24-22-20-18-16-14-12-10-8-6-4-2/h56-59,61-68,70-72,74-78H,3-55H2,1-2H3,(H,69,73). The molecule has 2 aliphatic heterocycles. The van der Waals surface area contributed by atoms with Gasteiger partial charge in [0.1, 0.15) is 48.8 Å². The summed E-state index contributed by atoms with van der Waals surface area (Å²) in [7, 11) is 0. The minimum Gasteiger partial charge on any atom is -0.394 e. The van der Waals surface area contributed by atoms with Gasteiger partial charge in [0.05, 0.1) is 32.0 Å². The molecule has 0 radical (unpaired) electrons. The lowest BCUT2D eigenvalue weighted by molar-refractivity contribution is -0.359. The van der Waals surface area contributed by atoms with Crippen LogP contribution in [0.5, 0.6) is 0 Å². The van der Waals surface area contributed by atoms with E-state index < -0.39 is 86.8 Å². The van der Waals surface area contributed by atoms with Crippen LogP contribution in [0.1, 0.15) is 335 Å². The monoisotopic (exact) mass is 1170 g/mol. The number of unbranched alkanes of at least 4 members (excludes halogenated alkanes) is 46. The molecule has 2 heterocycles. The van der Waals surface area contributed by atoms with Gasteiger partial charge in [-0.2, -0.15) is 0 Å². The van der Waals surface area contributed by atoms with Crippen LogP contribution in [0, 0.1) is 0 Å². The van der Waals surface area contributed by atoms with Gasteiger partial charge in [-0.05, 0) is 12.8 Å². The molecule has 14 nitrogen and oxygen atoms in total. The second-order valence-electron chi connectivity index (χ2n) is 25.4. The van der Waals surface area contributed by atoms with Crippen LogP contribution < -0.4 is 5.32 Å². The SMILES string of the molecule is CCCCCCCCCCCCCCCCCCCCCCCCCCCCCC(O)C(COC1OC(CO)C(OC2OC(CO)C(O)C(O)C2O)C(O)C1O)NC(=O)CCCCCCCCCCCCCCCCCCCCCCC. The number of amides is 1.